The third-order valence-corrected chi connectivity index (χ3v) is 7.80. The highest BCUT2D eigenvalue weighted by molar-refractivity contribution is 9.10. The van der Waals surface area contributed by atoms with Crippen molar-refractivity contribution in [3.05, 3.63) is 104 Å². The molecule has 1 saturated heterocycles. The summed E-state index contributed by atoms with van der Waals surface area (Å²) in [7, 11) is 0. The van der Waals surface area contributed by atoms with Crippen LogP contribution in [0.4, 0.5) is 5.69 Å². The molecule has 6 nitrogen and oxygen atoms in total. The zero-order chi connectivity index (χ0) is 28.4. The zero-order valence-corrected chi connectivity index (χ0v) is 25.0. The molecule has 0 bridgehead atoms. The van der Waals surface area contributed by atoms with Crippen molar-refractivity contribution in [1.82, 2.24) is 5.32 Å². The first-order valence-corrected chi connectivity index (χ1v) is 14.1. The normalized spacial score (nSPS) is 14.6. The summed E-state index contributed by atoms with van der Waals surface area (Å²) in [6.45, 7) is 2.56. The van der Waals surface area contributed by atoms with Crippen LogP contribution in [0.2, 0.25) is 10.0 Å². The summed E-state index contributed by atoms with van der Waals surface area (Å²) in [6.07, 6.45) is 1.46. The minimum atomic E-state index is -0.636. The Balaban J connectivity index is 1.45. The fraction of sp³-hybridized carbons (Fsp3) is 0.100. The first-order chi connectivity index (χ1) is 19.3. The van der Waals surface area contributed by atoms with Crippen LogP contribution in [0.25, 0.3) is 16.8 Å². The van der Waals surface area contributed by atoms with E-state index in [0.717, 1.165) is 21.2 Å². The van der Waals surface area contributed by atoms with Crippen molar-refractivity contribution < 1.29 is 19.1 Å². The van der Waals surface area contributed by atoms with Crippen LogP contribution in [0.15, 0.2) is 82.8 Å². The number of amides is 2. The van der Waals surface area contributed by atoms with Gasteiger partial charge in [-0.2, -0.15) is 0 Å². The summed E-state index contributed by atoms with van der Waals surface area (Å²) in [5.41, 5.74) is 1.67. The highest BCUT2D eigenvalue weighted by Gasteiger charge is 2.35. The molecule has 0 aromatic heterocycles. The maximum absolute atomic E-state index is 13.5. The summed E-state index contributed by atoms with van der Waals surface area (Å²) in [5, 5.41) is 5.13. The van der Waals surface area contributed by atoms with Crippen molar-refractivity contribution in [1.29, 1.82) is 0 Å². The van der Waals surface area contributed by atoms with E-state index in [1.165, 1.54) is 6.08 Å². The summed E-state index contributed by atoms with van der Waals surface area (Å²) in [5.74, 6) is -0.303. The van der Waals surface area contributed by atoms with Gasteiger partial charge in [-0.25, -0.2) is 0 Å². The highest BCUT2D eigenvalue weighted by Crippen LogP contribution is 2.39. The molecule has 1 aliphatic heterocycles. The van der Waals surface area contributed by atoms with Crippen molar-refractivity contribution in [3.63, 3.8) is 0 Å². The molecule has 202 valence electrons. The van der Waals surface area contributed by atoms with Gasteiger partial charge in [-0.3, -0.25) is 19.8 Å². The van der Waals surface area contributed by atoms with Gasteiger partial charge in [-0.15, -0.1) is 0 Å². The molecule has 1 N–H and O–H groups in total. The topological polar surface area (TPSA) is 67.9 Å². The molecule has 0 saturated carbocycles. The minimum absolute atomic E-state index is 0.0926. The molecule has 1 fully saturated rings. The number of anilines is 1. The predicted octanol–water partition coefficient (Wildman–Crippen LogP) is 7.72. The number of fused-ring (bicyclic) bond motifs is 1. The lowest BCUT2D eigenvalue weighted by molar-refractivity contribution is -0.122. The zero-order valence-electron chi connectivity index (χ0n) is 21.0. The third-order valence-electron chi connectivity index (χ3n) is 6.11. The Bertz CT molecular complexity index is 1710. The van der Waals surface area contributed by atoms with Crippen molar-refractivity contribution in [2.24, 2.45) is 0 Å². The van der Waals surface area contributed by atoms with E-state index in [2.05, 4.69) is 45.5 Å². The van der Waals surface area contributed by atoms with Crippen molar-refractivity contribution >= 4 is 90.8 Å². The van der Waals surface area contributed by atoms with Crippen LogP contribution in [-0.4, -0.2) is 23.5 Å². The molecule has 0 aliphatic carbocycles. The van der Waals surface area contributed by atoms with Crippen LogP contribution in [0.5, 0.6) is 11.5 Å². The molecule has 0 spiro atoms. The van der Waals surface area contributed by atoms with Gasteiger partial charge < -0.3 is 9.47 Å². The molecular weight excluding hydrogens is 635 g/mol. The number of benzene rings is 4. The number of hydrogen-bond acceptors (Lipinski definition) is 5. The maximum Gasteiger partial charge on any atom is 0.270 e. The van der Waals surface area contributed by atoms with Gasteiger partial charge in [0.2, 0.25) is 0 Å². The number of ether oxygens (including phenoxy) is 2. The maximum atomic E-state index is 13.5. The standard InChI is InChI=1S/C30H21BrCl2N2O4S/c1-2-38-25-15-18(14-22(31)27(25)39-16-17-10-11-19-6-3-4-7-20(19)12-17)13-21-28(36)34-30(40)35(29(21)37)24-9-5-8-23(32)26(24)33/h3-15H,2,16H2,1H3,(H,34,36,40)/b21-13+. The number of carbonyl (C=O) groups is 2. The summed E-state index contributed by atoms with van der Waals surface area (Å²) >= 11 is 21.3. The number of carbonyl (C=O) groups excluding carboxylic acids is 2. The van der Waals surface area contributed by atoms with Gasteiger partial charge in [0.05, 0.1) is 26.8 Å². The first-order valence-electron chi connectivity index (χ1n) is 12.2. The largest absolute Gasteiger partial charge is 0.490 e. The van der Waals surface area contributed by atoms with Gasteiger partial charge in [0.1, 0.15) is 12.2 Å². The molecule has 4 aromatic rings. The monoisotopic (exact) mass is 654 g/mol. The number of nitrogens with zero attached hydrogens (tertiary/aromatic N) is 1. The minimum Gasteiger partial charge on any atom is -0.490 e. The van der Waals surface area contributed by atoms with E-state index >= 15 is 0 Å². The molecule has 0 atom stereocenters. The van der Waals surface area contributed by atoms with Gasteiger partial charge in [0.25, 0.3) is 11.8 Å². The number of nitrogens with one attached hydrogen (secondary N) is 1. The molecule has 10 heteroatoms. The molecule has 40 heavy (non-hydrogen) atoms. The van der Waals surface area contributed by atoms with Crippen LogP contribution in [0.1, 0.15) is 18.1 Å². The Morgan fingerprint density at radius 3 is 2.52 bits per heavy atom. The summed E-state index contributed by atoms with van der Waals surface area (Å²) in [4.78, 5) is 27.4. The van der Waals surface area contributed by atoms with Gasteiger partial charge in [0, 0.05) is 0 Å². The van der Waals surface area contributed by atoms with Gasteiger partial charge in [-0.1, -0.05) is 65.7 Å². The average molecular weight is 656 g/mol. The average Bonchev–Trinajstić information content (AvgIpc) is 2.93. The SMILES string of the molecule is CCOc1cc(/C=C2\C(=O)NC(=S)N(c3cccc(Cl)c3Cl)C2=O)cc(Br)c1OCc1ccc2ccccc2c1. The Kier molecular flexibility index (Phi) is 8.42. The van der Waals surface area contributed by atoms with E-state index < -0.39 is 11.8 Å². The lowest BCUT2D eigenvalue weighted by atomic mass is 10.1. The molecule has 0 unspecified atom stereocenters. The summed E-state index contributed by atoms with van der Waals surface area (Å²) in [6, 6.07) is 22.6. The molecule has 0 radical (unpaired) electrons. The summed E-state index contributed by atoms with van der Waals surface area (Å²) < 4.78 is 12.6. The third kappa shape index (κ3) is 5.71. The number of halogens is 3. The van der Waals surface area contributed by atoms with Crippen LogP contribution in [0, 0.1) is 0 Å². The number of rotatable bonds is 7. The Morgan fingerprint density at radius 2 is 1.75 bits per heavy atom. The van der Waals surface area contributed by atoms with Crippen molar-refractivity contribution in [3.8, 4) is 11.5 Å². The van der Waals surface area contributed by atoms with E-state index in [1.807, 2.05) is 25.1 Å². The molecule has 1 heterocycles. The van der Waals surface area contributed by atoms with E-state index in [0.29, 0.717) is 34.7 Å². The molecule has 5 rings (SSSR count). The van der Waals surface area contributed by atoms with E-state index in [-0.39, 0.29) is 26.4 Å². The van der Waals surface area contributed by atoms with Gasteiger partial charge in [0.15, 0.2) is 16.6 Å². The fourth-order valence-electron chi connectivity index (χ4n) is 4.27. The quantitative estimate of drug-likeness (QED) is 0.125. The Morgan fingerprint density at radius 1 is 0.975 bits per heavy atom. The van der Waals surface area contributed by atoms with Crippen molar-refractivity contribution in [2.45, 2.75) is 13.5 Å². The second-order valence-corrected chi connectivity index (χ2v) is 10.8. The molecule has 1 aliphatic rings. The van der Waals surface area contributed by atoms with E-state index in [1.54, 1.807) is 30.3 Å². The second kappa shape index (κ2) is 12.0. The molecule has 2 amide bonds. The Labute approximate surface area is 254 Å². The Hall–Kier alpha value is -3.43. The lowest BCUT2D eigenvalue weighted by Crippen LogP contribution is -2.54. The van der Waals surface area contributed by atoms with E-state index in [9.17, 15) is 9.59 Å². The number of thiocarbonyl (C=S) groups is 1. The molecular formula is C30H21BrCl2N2O4S. The molecule has 4 aromatic carbocycles. The van der Waals surface area contributed by atoms with Gasteiger partial charge >= 0.3 is 0 Å². The van der Waals surface area contributed by atoms with Crippen LogP contribution in [-0.2, 0) is 16.2 Å². The first kappa shape index (κ1) is 28.1. The second-order valence-electron chi connectivity index (χ2n) is 8.76. The van der Waals surface area contributed by atoms with Crippen LogP contribution in [0.3, 0.4) is 0 Å². The van der Waals surface area contributed by atoms with Gasteiger partial charge in [-0.05, 0) is 93.4 Å². The fourth-order valence-corrected chi connectivity index (χ4v) is 5.49. The van der Waals surface area contributed by atoms with Crippen LogP contribution < -0.4 is 19.7 Å². The highest BCUT2D eigenvalue weighted by atomic mass is 79.9. The van der Waals surface area contributed by atoms with Crippen LogP contribution >= 0.6 is 51.3 Å². The smallest absolute Gasteiger partial charge is 0.270 e. The lowest BCUT2D eigenvalue weighted by Gasteiger charge is -2.29. The number of hydrogen-bond donors (Lipinski definition) is 1. The van der Waals surface area contributed by atoms with Crippen molar-refractivity contribution in [2.75, 3.05) is 11.5 Å². The predicted molar refractivity (Wildman–Crippen MR) is 166 cm³/mol. The van der Waals surface area contributed by atoms with E-state index in [4.69, 9.17) is 44.9 Å².